The third-order valence-corrected chi connectivity index (χ3v) is 6.94. The molecule has 28 heavy (non-hydrogen) atoms. The van der Waals surface area contributed by atoms with Gasteiger partial charge in [0.15, 0.2) is 0 Å². The van der Waals surface area contributed by atoms with E-state index in [0.717, 1.165) is 26.2 Å². The zero-order valence-corrected chi connectivity index (χ0v) is 18.4. The monoisotopic (exact) mass is 396 g/mol. The molecule has 0 atom stereocenters. The maximum atomic E-state index is 3.61. The molecular weight excluding hydrogens is 360 g/mol. The Labute approximate surface area is 175 Å². The Bertz CT molecular complexity index is 666. The van der Waals surface area contributed by atoms with E-state index in [2.05, 4.69) is 73.0 Å². The van der Waals surface area contributed by atoms with Gasteiger partial charge in [0, 0.05) is 15.2 Å². The lowest BCUT2D eigenvalue weighted by Gasteiger charge is -2.41. The topological polar surface area (TPSA) is 24.1 Å². The van der Waals surface area contributed by atoms with Gasteiger partial charge < -0.3 is 10.6 Å². The van der Waals surface area contributed by atoms with Gasteiger partial charge in [0.25, 0.3) is 0 Å². The Morgan fingerprint density at radius 3 is 1.61 bits per heavy atom. The number of nitrogens with one attached hydrogen (secondary N) is 2. The predicted octanol–water partition coefficient (Wildman–Crippen LogP) is 6.00. The SMILES string of the molecule is CCCNCCCC1(CCCNCCC)c2ccccc2Sc2ccccc21. The third kappa shape index (κ3) is 5.00. The highest BCUT2D eigenvalue weighted by atomic mass is 32.2. The standard InChI is InChI=1S/C25H36N2S/c1-3-17-26-19-9-15-25(16-10-20-27-18-4-2)21-11-5-7-13-23(21)28-24-14-8-6-12-22(24)25/h5-8,11-14,26-27H,3-4,9-10,15-20H2,1-2H3. The van der Waals surface area contributed by atoms with Gasteiger partial charge in [-0.3, -0.25) is 0 Å². The van der Waals surface area contributed by atoms with Crippen LogP contribution < -0.4 is 10.6 Å². The molecule has 0 unspecified atom stereocenters. The molecule has 2 aromatic rings. The van der Waals surface area contributed by atoms with Gasteiger partial charge in [0.1, 0.15) is 0 Å². The van der Waals surface area contributed by atoms with Crippen molar-refractivity contribution in [2.75, 3.05) is 26.2 Å². The fourth-order valence-corrected chi connectivity index (χ4v) is 5.74. The van der Waals surface area contributed by atoms with Gasteiger partial charge in [-0.05, 0) is 88.0 Å². The second kappa shape index (κ2) is 11.0. The fraction of sp³-hybridized carbons (Fsp3) is 0.520. The highest BCUT2D eigenvalue weighted by Crippen LogP contribution is 2.53. The number of fused-ring (bicyclic) bond motifs is 2. The first kappa shape index (κ1) is 21.4. The van der Waals surface area contributed by atoms with Crippen LogP contribution in [0.1, 0.15) is 63.5 Å². The van der Waals surface area contributed by atoms with E-state index in [1.54, 1.807) is 11.1 Å². The lowest BCUT2D eigenvalue weighted by atomic mass is 9.68. The number of rotatable bonds is 12. The van der Waals surface area contributed by atoms with E-state index in [-0.39, 0.29) is 5.41 Å². The molecule has 2 aromatic carbocycles. The van der Waals surface area contributed by atoms with Crippen LogP contribution in [0.15, 0.2) is 58.3 Å². The van der Waals surface area contributed by atoms with Crippen molar-refractivity contribution in [1.82, 2.24) is 10.6 Å². The van der Waals surface area contributed by atoms with Gasteiger partial charge in [0.05, 0.1) is 0 Å². The molecule has 0 radical (unpaired) electrons. The summed E-state index contributed by atoms with van der Waals surface area (Å²) in [5.41, 5.74) is 3.23. The molecule has 0 saturated carbocycles. The van der Waals surface area contributed by atoms with Crippen molar-refractivity contribution >= 4 is 11.8 Å². The number of hydrogen-bond acceptors (Lipinski definition) is 3. The van der Waals surface area contributed by atoms with Crippen LogP contribution in [0.4, 0.5) is 0 Å². The smallest absolute Gasteiger partial charge is 0.0226 e. The molecular formula is C25H36N2S. The van der Waals surface area contributed by atoms with Crippen LogP contribution in [0.25, 0.3) is 0 Å². The van der Waals surface area contributed by atoms with E-state index >= 15 is 0 Å². The first-order valence-corrected chi connectivity index (χ1v) is 11.9. The molecule has 1 aliphatic heterocycles. The summed E-state index contributed by atoms with van der Waals surface area (Å²) in [6, 6.07) is 18.2. The molecule has 0 aliphatic carbocycles. The molecule has 0 amide bonds. The van der Waals surface area contributed by atoms with E-state index in [1.165, 1.54) is 48.3 Å². The van der Waals surface area contributed by atoms with Gasteiger partial charge in [0.2, 0.25) is 0 Å². The first-order chi connectivity index (χ1) is 13.8. The molecule has 2 N–H and O–H groups in total. The molecule has 152 valence electrons. The Morgan fingerprint density at radius 2 is 1.14 bits per heavy atom. The van der Waals surface area contributed by atoms with Gasteiger partial charge in [-0.25, -0.2) is 0 Å². The van der Waals surface area contributed by atoms with E-state index in [1.807, 2.05) is 11.8 Å². The summed E-state index contributed by atoms with van der Waals surface area (Å²) in [7, 11) is 0. The molecule has 0 aromatic heterocycles. The maximum Gasteiger partial charge on any atom is 0.0226 e. The van der Waals surface area contributed by atoms with Crippen molar-refractivity contribution in [3.63, 3.8) is 0 Å². The normalized spacial score (nSPS) is 14.5. The van der Waals surface area contributed by atoms with Crippen molar-refractivity contribution in [1.29, 1.82) is 0 Å². The van der Waals surface area contributed by atoms with Crippen molar-refractivity contribution in [2.24, 2.45) is 0 Å². The highest BCUT2D eigenvalue weighted by molar-refractivity contribution is 7.99. The minimum atomic E-state index is 0.139. The molecule has 2 nitrogen and oxygen atoms in total. The second-order valence-electron chi connectivity index (χ2n) is 7.88. The summed E-state index contributed by atoms with van der Waals surface area (Å²) >= 11 is 1.95. The highest BCUT2D eigenvalue weighted by Gasteiger charge is 2.39. The number of hydrogen-bond donors (Lipinski definition) is 2. The van der Waals surface area contributed by atoms with E-state index < -0.39 is 0 Å². The minimum Gasteiger partial charge on any atom is -0.317 e. The molecule has 0 bridgehead atoms. The van der Waals surface area contributed by atoms with Crippen LogP contribution in [0.5, 0.6) is 0 Å². The molecule has 0 fully saturated rings. The van der Waals surface area contributed by atoms with Crippen molar-refractivity contribution < 1.29 is 0 Å². The quantitative estimate of drug-likeness (QED) is 0.430. The molecule has 1 aliphatic rings. The second-order valence-corrected chi connectivity index (χ2v) is 8.97. The van der Waals surface area contributed by atoms with Gasteiger partial charge in [-0.1, -0.05) is 62.0 Å². The Kier molecular flexibility index (Phi) is 8.44. The van der Waals surface area contributed by atoms with Crippen LogP contribution in [0.3, 0.4) is 0 Å². The summed E-state index contributed by atoms with van der Waals surface area (Å²) < 4.78 is 0. The third-order valence-electron chi connectivity index (χ3n) is 5.79. The van der Waals surface area contributed by atoms with E-state index in [0.29, 0.717) is 0 Å². The van der Waals surface area contributed by atoms with Crippen molar-refractivity contribution in [2.45, 2.75) is 67.6 Å². The molecule has 3 rings (SSSR count). The van der Waals surface area contributed by atoms with E-state index in [4.69, 9.17) is 0 Å². The molecule has 0 saturated heterocycles. The zero-order valence-electron chi connectivity index (χ0n) is 17.6. The van der Waals surface area contributed by atoms with Crippen LogP contribution in [-0.2, 0) is 5.41 Å². The number of benzene rings is 2. The summed E-state index contributed by atoms with van der Waals surface area (Å²) in [6.07, 6.45) is 7.27. The summed E-state index contributed by atoms with van der Waals surface area (Å²) in [5, 5.41) is 7.21. The Hall–Kier alpha value is -1.29. The zero-order chi connectivity index (χ0) is 19.7. The summed E-state index contributed by atoms with van der Waals surface area (Å²) in [4.78, 5) is 2.90. The van der Waals surface area contributed by atoms with Crippen LogP contribution in [0.2, 0.25) is 0 Å². The minimum absolute atomic E-state index is 0.139. The fourth-order valence-electron chi connectivity index (χ4n) is 4.46. The average Bonchev–Trinajstić information content (AvgIpc) is 2.73. The summed E-state index contributed by atoms with van der Waals surface area (Å²) in [5.74, 6) is 0. The van der Waals surface area contributed by atoms with E-state index in [9.17, 15) is 0 Å². The first-order valence-electron chi connectivity index (χ1n) is 11.1. The lowest BCUT2D eigenvalue weighted by molar-refractivity contribution is 0.386. The summed E-state index contributed by atoms with van der Waals surface area (Å²) in [6.45, 7) is 8.95. The van der Waals surface area contributed by atoms with Crippen LogP contribution in [-0.4, -0.2) is 26.2 Å². The largest absolute Gasteiger partial charge is 0.317 e. The maximum absolute atomic E-state index is 3.61. The molecule has 3 heteroatoms. The molecule has 1 heterocycles. The Balaban J connectivity index is 1.87. The van der Waals surface area contributed by atoms with Crippen LogP contribution >= 0.6 is 11.8 Å². The average molecular weight is 397 g/mol. The van der Waals surface area contributed by atoms with Crippen molar-refractivity contribution in [3.8, 4) is 0 Å². The van der Waals surface area contributed by atoms with Gasteiger partial charge in [-0.2, -0.15) is 0 Å². The Morgan fingerprint density at radius 1 is 0.679 bits per heavy atom. The van der Waals surface area contributed by atoms with Gasteiger partial charge in [-0.15, -0.1) is 0 Å². The molecule has 0 spiro atoms. The van der Waals surface area contributed by atoms with Gasteiger partial charge >= 0.3 is 0 Å². The lowest BCUT2D eigenvalue weighted by Crippen LogP contribution is -2.33. The van der Waals surface area contributed by atoms with Crippen molar-refractivity contribution in [3.05, 3.63) is 59.7 Å². The predicted molar refractivity (Wildman–Crippen MR) is 123 cm³/mol. The van der Waals surface area contributed by atoms with Crippen LogP contribution in [0, 0.1) is 0 Å².